The summed E-state index contributed by atoms with van der Waals surface area (Å²) in [5.74, 6) is -0.407. The van der Waals surface area contributed by atoms with Crippen LogP contribution in [0.1, 0.15) is 29.9 Å². The van der Waals surface area contributed by atoms with Gasteiger partial charge >= 0.3 is 0 Å². The lowest BCUT2D eigenvalue weighted by molar-refractivity contribution is -0.121. The average Bonchev–Trinajstić information content (AvgIpc) is 3.14. The Labute approximate surface area is 145 Å². The van der Waals surface area contributed by atoms with E-state index in [0.29, 0.717) is 5.69 Å². The molecule has 6 nitrogen and oxygen atoms in total. The van der Waals surface area contributed by atoms with E-state index in [0.717, 1.165) is 16.9 Å². The van der Waals surface area contributed by atoms with E-state index in [-0.39, 0.29) is 24.2 Å². The van der Waals surface area contributed by atoms with Gasteiger partial charge in [-0.2, -0.15) is 10.2 Å². The van der Waals surface area contributed by atoms with E-state index < -0.39 is 0 Å². The van der Waals surface area contributed by atoms with Gasteiger partial charge in [-0.05, 0) is 44.2 Å². The highest BCUT2D eigenvalue weighted by molar-refractivity contribution is 5.78. The summed E-state index contributed by atoms with van der Waals surface area (Å²) in [6.07, 6.45) is 3.84. The molecule has 1 atom stereocenters. The van der Waals surface area contributed by atoms with Crippen molar-refractivity contribution in [3.8, 4) is 5.69 Å². The van der Waals surface area contributed by atoms with Crippen molar-refractivity contribution in [2.45, 2.75) is 26.3 Å². The third-order valence-electron chi connectivity index (χ3n) is 3.97. The van der Waals surface area contributed by atoms with Gasteiger partial charge in [0.25, 0.3) is 0 Å². The number of nitrogens with one attached hydrogen (secondary N) is 1. The molecule has 7 heteroatoms. The Morgan fingerprint density at radius 3 is 2.60 bits per heavy atom. The van der Waals surface area contributed by atoms with Crippen LogP contribution in [0.2, 0.25) is 0 Å². The maximum absolute atomic E-state index is 13.0. The van der Waals surface area contributed by atoms with Crippen molar-refractivity contribution in [3.63, 3.8) is 0 Å². The Morgan fingerprint density at radius 1 is 1.24 bits per heavy atom. The number of carbonyl (C=O) groups is 1. The summed E-state index contributed by atoms with van der Waals surface area (Å²) in [6, 6.07) is 7.69. The third-order valence-corrected chi connectivity index (χ3v) is 3.97. The lowest BCUT2D eigenvalue weighted by atomic mass is 10.1. The highest BCUT2D eigenvalue weighted by atomic mass is 19.1. The first-order valence-electron chi connectivity index (χ1n) is 8.02. The van der Waals surface area contributed by atoms with Crippen LogP contribution in [0.25, 0.3) is 5.69 Å². The van der Waals surface area contributed by atoms with Crippen LogP contribution in [0.4, 0.5) is 4.39 Å². The zero-order valence-electron chi connectivity index (χ0n) is 14.4. The van der Waals surface area contributed by atoms with Crippen molar-refractivity contribution in [2.75, 3.05) is 0 Å². The highest BCUT2D eigenvalue weighted by Crippen LogP contribution is 2.16. The Bertz CT molecular complexity index is 881. The number of amides is 1. The number of rotatable bonds is 5. The van der Waals surface area contributed by atoms with Gasteiger partial charge < -0.3 is 5.32 Å². The van der Waals surface area contributed by atoms with E-state index in [4.69, 9.17) is 0 Å². The molecule has 3 rings (SSSR count). The summed E-state index contributed by atoms with van der Waals surface area (Å²) in [5, 5.41) is 11.6. The summed E-state index contributed by atoms with van der Waals surface area (Å²) in [7, 11) is 1.85. The van der Waals surface area contributed by atoms with Gasteiger partial charge in [0.2, 0.25) is 5.91 Å². The molecule has 1 N–H and O–H groups in total. The molecule has 2 aromatic heterocycles. The molecule has 130 valence electrons. The molecule has 0 unspecified atom stereocenters. The maximum Gasteiger partial charge on any atom is 0.226 e. The van der Waals surface area contributed by atoms with E-state index in [2.05, 4.69) is 15.5 Å². The van der Waals surface area contributed by atoms with E-state index in [1.54, 1.807) is 33.8 Å². The molecule has 0 aliphatic heterocycles. The number of carbonyl (C=O) groups excluding carboxylic acids is 1. The van der Waals surface area contributed by atoms with Crippen molar-refractivity contribution in [3.05, 3.63) is 65.5 Å². The molecule has 0 saturated heterocycles. The Balaban J connectivity index is 1.63. The van der Waals surface area contributed by atoms with Crippen molar-refractivity contribution in [2.24, 2.45) is 7.05 Å². The molecule has 0 fully saturated rings. The van der Waals surface area contributed by atoms with Crippen LogP contribution >= 0.6 is 0 Å². The fourth-order valence-corrected chi connectivity index (χ4v) is 2.77. The van der Waals surface area contributed by atoms with Crippen molar-refractivity contribution in [1.29, 1.82) is 0 Å². The van der Waals surface area contributed by atoms with Gasteiger partial charge in [-0.15, -0.1) is 0 Å². The zero-order chi connectivity index (χ0) is 18.0. The maximum atomic E-state index is 13.0. The molecule has 0 aliphatic carbocycles. The van der Waals surface area contributed by atoms with E-state index in [1.807, 2.05) is 27.1 Å². The average molecular weight is 341 g/mol. The predicted octanol–water partition coefficient (Wildman–Crippen LogP) is 2.47. The van der Waals surface area contributed by atoms with E-state index in [9.17, 15) is 9.18 Å². The minimum atomic E-state index is -0.296. The third kappa shape index (κ3) is 3.93. The lowest BCUT2D eigenvalue weighted by Gasteiger charge is -2.12. The molecule has 1 amide bonds. The quantitative estimate of drug-likeness (QED) is 0.775. The lowest BCUT2D eigenvalue weighted by Crippen LogP contribution is -2.28. The topological polar surface area (TPSA) is 64.7 Å². The molecular formula is C18H20FN5O. The fourth-order valence-electron chi connectivity index (χ4n) is 2.77. The van der Waals surface area contributed by atoms with Crippen LogP contribution < -0.4 is 5.32 Å². The first-order valence-corrected chi connectivity index (χ1v) is 8.02. The number of benzene rings is 1. The van der Waals surface area contributed by atoms with Gasteiger partial charge in [0.15, 0.2) is 0 Å². The molecule has 0 radical (unpaired) electrons. The number of aromatic nitrogens is 4. The molecular weight excluding hydrogens is 321 g/mol. The molecule has 0 spiro atoms. The standard InChI is InChI=1S/C18H20FN5O/c1-12(17-11-23(3)21-13(17)2)20-18(25)10-15-8-9-24(22-15)16-6-4-14(19)5-7-16/h4-9,11-12H,10H2,1-3H3,(H,20,25)/t12-/m1/s1. The summed E-state index contributed by atoms with van der Waals surface area (Å²) in [5.41, 5.74) is 3.29. The van der Waals surface area contributed by atoms with Gasteiger partial charge in [-0.3, -0.25) is 9.48 Å². The second kappa shape index (κ2) is 6.88. The molecule has 2 heterocycles. The molecule has 25 heavy (non-hydrogen) atoms. The van der Waals surface area contributed by atoms with Crippen molar-refractivity contribution >= 4 is 5.91 Å². The smallest absolute Gasteiger partial charge is 0.226 e. The van der Waals surface area contributed by atoms with Crippen LogP contribution in [-0.4, -0.2) is 25.5 Å². The normalized spacial score (nSPS) is 12.2. The second-order valence-electron chi connectivity index (χ2n) is 6.04. The van der Waals surface area contributed by atoms with E-state index in [1.165, 1.54) is 12.1 Å². The second-order valence-corrected chi connectivity index (χ2v) is 6.04. The van der Waals surface area contributed by atoms with Gasteiger partial charge in [0.05, 0.1) is 29.5 Å². The first kappa shape index (κ1) is 16.9. The molecule has 3 aromatic rings. The molecule has 0 saturated carbocycles. The number of halogens is 1. The SMILES string of the molecule is Cc1nn(C)cc1[C@@H](C)NC(=O)Cc1ccn(-c2ccc(F)cc2)n1. The number of hydrogen-bond donors (Lipinski definition) is 1. The number of aryl methyl sites for hydroxylation is 2. The van der Waals surface area contributed by atoms with Crippen LogP contribution in [0.5, 0.6) is 0 Å². The van der Waals surface area contributed by atoms with Gasteiger partial charge in [0.1, 0.15) is 5.82 Å². The van der Waals surface area contributed by atoms with Gasteiger partial charge in [-0.25, -0.2) is 9.07 Å². The van der Waals surface area contributed by atoms with Crippen LogP contribution in [0.3, 0.4) is 0 Å². The Morgan fingerprint density at radius 2 is 1.96 bits per heavy atom. The molecule has 0 bridgehead atoms. The number of hydrogen-bond acceptors (Lipinski definition) is 3. The monoisotopic (exact) mass is 341 g/mol. The number of nitrogens with zero attached hydrogens (tertiary/aromatic N) is 4. The van der Waals surface area contributed by atoms with Crippen LogP contribution in [0.15, 0.2) is 42.7 Å². The minimum Gasteiger partial charge on any atom is -0.349 e. The van der Waals surface area contributed by atoms with Crippen molar-refractivity contribution < 1.29 is 9.18 Å². The minimum absolute atomic E-state index is 0.111. The first-order chi connectivity index (χ1) is 11.9. The predicted molar refractivity (Wildman–Crippen MR) is 91.7 cm³/mol. The summed E-state index contributed by atoms with van der Waals surface area (Å²) in [6.45, 7) is 3.85. The zero-order valence-corrected chi connectivity index (χ0v) is 14.4. The summed E-state index contributed by atoms with van der Waals surface area (Å²) in [4.78, 5) is 12.3. The summed E-state index contributed by atoms with van der Waals surface area (Å²) >= 11 is 0. The van der Waals surface area contributed by atoms with Crippen LogP contribution in [0, 0.1) is 12.7 Å². The Kier molecular flexibility index (Phi) is 4.65. The largest absolute Gasteiger partial charge is 0.349 e. The Hall–Kier alpha value is -2.96. The van der Waals surface area contributed by atoms with Gasteiger partial charge in [0, 0.05) is 25.0 Å². The summed E-state index contributed by atoms with van der Waals surface area (Å²) < 4.78 is 16.3. The molecule has 1 aromatic carbocycles. The fraction of sp³-hybridized carbons (Fsp3) is 0.278. The van der Waals surface area contributed by atoms with Gasteiger partial charge in [-0.1, -0.05) is 0 Å². The van der Waals surface area contributed by atoms with Crippen LogP contribution in [-0.2, 0) is 18.3 Å². The molecule has 0 aliphatic rings. The van der Waals surface area contributed by atoms with E-state index >= 15 is 0 Å². The highest BCUT2D eigenvalue weighted by Gasteiger charge is 2.15. The van der Waals surface area contributed by atoms with Crippen molar-refractivity contribution in [1.82, 2.24) is 24.9 Å².